The van der Waals surface area contributed by atoms with Gasteiger partial charge in [-0.15, -0.1) is 0 Å². The first-order chi connectivity index (χ1) is 9.52. The van der Waals surface area contributed by atoms with Crippen LogP contribution in [0.3, 0.4) is 0 Å². The van der Waals surface area contributed by atoms with Gasteiger partial charge in [-0.05, 0) is 64.7 Å². The lowest BCUT2D eigenvalue weighted by molar-refractivity contribution is 0.338. The third-order valence-corrected chi connectivity index (χ3v) is 4.95. The average molecular weight is 419 g/mol. The molecule has 1 atom stereocenters. The second kappa shape index (κ2) is 6.97. The molecular weight excluding hydrogens is 403 g/mol. The molecule has 0 saturated carbocycles. The largest absolute Gasteiger partial charge is 0.493 e. The highest BCUT2D eigenvalue weighted by Gasteiger charge is 2.15. The molecule has 0 fully saturated rings. The molecule has 2 aromatic rings. The van der Waals surface area contributed by atoms with Gasteiger partial charge >= 0.3 is 0 Å². The Kier molecular flexibility index (Phi) is 5.53. The quantitative estimate of drug-likeness (QED) is 0.530. The van der Waals surface area contributed by atoms with E-state index in [4.69, 9.17) is 16.3 Å². The molecule has 4 heteroatoms. The molecule has 0 amide bonds. The number of ether oxygens (including phenoxy) is 1. The van der Waals surface area contributed by atoms with Gasteiger partial charge in [0.2, 0.25) is 0 Å². The number of rotatable bonds is 4. The zero-order valence-electron chi connectivity index (χ0n) is 11.3. The van der Waals surface area contributed by atoms with Gasteiger partial charge in [-0.1, -0.05) is 45.7 Å². The lowest BCUT2D eigenvalue weighted by Gasteiger charge is -2.15. The molecule has 2 rings (SSSR count). The van der Waals surface area contributed by atoms with Crippen molar-refractivity contribution in [2.75, 3.05) is 6.61 Å². The highest BCUT2D eigenvalue weighted by atomic mass is 79.9. The summed E-state index contributed by atoms with van der Waals surface area (Å²) in [6.45, 7) is 4.66. The minimum atomic E-state index is 0.0579. The molecule has 0 radical (unpaired) electrons. The van der Waals surface area contributed by atoms with Crippen LogP contribution in [-0.4, -0.2) is 6.61 Å². The summed E-state index contributed by atoms with van der Waals surface area (Å²) >= 11 is 13.6. The van der Waals surface area contributed by atoms with Crippen LogP contribution in [0.2, 0.25) is 5.02 Å². The van der Waals surface area contributed by atoms with Gasteiger partial charge in [0.25, 0.3) is 0 Å². The summed E-state index contributed by atoms with van der Waals surface area (Å²) in [6, 6.07) is 12.2. The topological polar surface area (TPSA) is 9.23 Å². The van der Waals surface area contributed by atoms with Crippen molar-refractivity contribution < 1.29 is 4.74 Å². The van der Waals surface area contributed by atoms with Crippen molar-refractivity contribution in [3.63, 3.8) is 0 Å². The average Bonchev–Trinajstić information content (AvgIpc) is 2.40. The van der Waals surface area contributed by atoms with Crippen LogP contribution >= 0.6 is 43.5 Å². The summed E-state index contributed by atoms with van der Waals surface area (Å²) in [6.07, 6.45) is 0. The fourth-order valence-electron chi connectivity index (χ4n) is 1.96. The molecule has 0 aliphatic heterocycles. The summed E-state index contributed by atoms with van der Waals surface area (Å²) in [5.41, 5.74) is 3.35. The van der Waals surface area contributed by atoms with E-state index >= 15 is 0 Å². The Morgan fingerprint density at radius 3 is 2.55 bits per heavy atom. The van der Waals surface area contributed by atoms with E-state index in [9.17, 15) is 0 Å². The second-order valence-corrected chi connectivity index (χ2v) is 6.69. The van der Waals surface area contributed by atoms with Crippen LogP contribution in [0.15, 0.2) is 40.9 Å². The van der Waals surface area contributed by atoms with Crippen molar-refractivity contribution in [1.29, 1.82) is 0 Å². The normalized spacial score (nSPS) is 12.2. The first-order valence-corrected chi connectivity index (χ1v) is 8.44. The predicted molar refractivity (Wildman–Crippen MR) is 92.3 cm³/mol. The van der Waals surface area contributed by atoms with Crippen LogP contribution in [0.1, 0.15) is 28.4 Å². The number of benzene rings is 2. The molecule has 0 aliphatic carbocycles. The molecule has 0 saturated heterocycles. The summed E-state index contributed by atoms with van der Waals surface area (Å²) in [5.74, 6) is 0.853. The van der Waals surface area contributed by atoms with Crippen molar-refractivity contribution in [2.24, 2.45) is 0 Å². The molecule has 0 aromatic heterocycles. The van der Waals surface area contributed by atoms with Crippen molar-refractivity contribution in [1.82, 2.24) is 0 Å². The van der Waals surface area contributed by atoms with Crippen LogP contribution in [0.25, 0.3) is 0 Å². The summed E-state index contributed by atoms with van der Waals surface area (Å²) in [4.78, 5) is 0.0579. The Morgan fingerprint density at radius 2 is 1.95 bits per heavy atom. The Labute approximate surface area is 141 Å². The van der Waals surface area contributed by atoms with Crippen LogP contribution in [0.5, 0.6) is 5.75 Å². The van der Waals surface area contributed by atoms with Crippen LogP contribution in [-0.2, 0) is 0 Å². The first kappa shape index (κ1) is 15.9. The maximum Gasteiger partial charge on any atom is 0.133 e. The van der Waals surface area contributed by atoms with Gasteiger partial charge in [0.15, 0.2) is 0 Å². The molecule has 106 valence electrons. The Bertz CT molecular complexity index is 613. The highest BCUT2D eigenvalue weighted by molar-refractivity contribution is 9.10. The number of halogens is 3. The lowest BCUT2D eigenvalue weighted by atomic mass is 10.0. The van der Waals surface area contributed by atoms with Crippen molar-refractivity contribution in [2.45, 2.75) is 18.7 Å². The van der Waals surface area contributed by atoms with E-state index in [0.717, 1.165) is 31.9 Å². The van der Waals surface area contributed by atoms with Crippen molar-refractivity contribution in [3.05, 3.63) is 62.6 Å². The summed E-state index contributed by atoms with van der Waals surface area (Å²) in [7, 11) is 0. The summed E-state index contributed by atoms with van der Waals surface area (Å²) < 4.78 is 6.48. The van der Waals surface area contributed by atoms with Crippen molar-refractivity contribution in [3.8, 4) is 5.75 Å². The van der Waals surface area contributed by atoms with E-state index in [0.29, 0.717) is 6.61 Å². The van der Waals surface area contributed by atoms with E-state index < -0.39 is 0 Å². The van der Waals surface area contributed by atoms with E-state index in [1.54, 1.807) is 0 Å². The molecule has 0 bridgehead atoms. The summed E-state index contributed by atoms with van der Waals surface area (Å²) in [5, 5.41) is 0.775. The standard InChI is InChI=1S/C16H15Br2ClO/c1-3-20-15-7-5-11(9-13(15)17)16(18)12-6-4-10(2)8-14(12)19/h4-9,16H,3H2,1-2H3. The molecule has 1 unspecified atom stereocenters. The minimum Gasteiger partial charge on any atom is -0.493 e. The molecule has 0 N–H and O–H groups in total. The maximum absolute atomic E-state index is 6.33. The third kappa shape index (κ3) is 3.57. The predicted octanol–water partition coefficient (Wildman–Crippen LogP) is 6.29. The molecule has 2 aromatic carbocycles. The smallest absolute Gasteiger partial charge is 0.133 e. The SMILES string of the molecule is CCOc1ccc(C(Br)c2ccc(C)cc2Cl)cc1Br. The number of alkyl halides is 1. The number of aryl methyl sites for hydroxylation is 1. The van der Waals surface area contributed by atoms with Gasteiger partial charge in [-0.3, -0.25) is 0 Å². The van der Waals surface area contributed by atoms with Crippen molar-refractivity contribution >= 4 is 43.5 Å². The monoisotopic (exact) mass is 416 g/mol. The fourth-order valence-corrected chi connectivity index (χ4v) is 3.64. The highest BCUT2D eigenvalue weighted by Crippen LogP contribution is 2.38. The van der Waals surface area contributed by atoms with E-state index in [-0.39, 0.29) is 4.83 Å². The van der Waals surface area contributed by atoms with Crippen LogP contribution in [0, 0.1) is 6.92 Å². The molecule has 0 heterocycles. The maximum atomic E-state index is 6.33. The zero-order chi connectivity index (χ0) is 14.7. The van der Waals surface area contributed by atoms with Gasteiger partial charge in [0, 0.05) is 5.02 Å². The Balaban J connectivity index is 2.33. The van der Waals surface area contributed by atoms with Gasteiger partial charge < -0.3 is 4.74 Å². The second-order valence-electron chi connectivity index (χ2n) is 4.51. The van der Waals surface area contributed by atoms with Gasteiger partial charge in [0.05, 0.1) is 15.9 Å². The Morgan fingerprint density at radius 1 is 1.20 bits per heavy atom. The fraction of sp³-hybridized carbons (Fsp3) is 0.250. The van der Waals surface area contributed by atoms with Crippen LogP contribution < -0.4 is 4.74 Å². The third-order valence-electron chi connectivity index (χ3n) is 2.98. The van der Waals surface area contributed by atoms with Gasteiger partial charge in [-0.25, -0.2) is 0 Å². The molecular formula is C16H15Br2ClO. The number of hydrogen-bond acceptors (Lipinski definition) is 1. The lowest BCUT2D eigenvalue weighted by Crippen LogP contribution is -1.97. The molecule has 20 heavy (non-hydrogen) atoms. The first-order valence-electron chi connectivity index (χ1n) is 6.35. The van der Waals surface area contributed by atoms with E-state index in [1.807, 2.05) is 32.0 Å². The Hall–Kier alpha value is -0.510. The molecule has 1 nitrogen and oxygen atoms in total. The zero-order valence-corrected chi connectivity index (χ0v) is 15.2. The van der Waals surface area contributed by atoms with E-state index in [1.165, 1.54) is 0 Å². The van der Waals surface area contributed by atoms with Gasteiger partial charge in [0.1, 0.15) is 5.75 Å². The molecule has 0 spiro atoms. The van der Waals surface area contributed by atoms with Crippen LogP contribution in [0.4, 0.5) is 0 Å². The number of hydrogen-bond donors (Lipinski definition) is 0. The molecule has 0 aliphatic rings. The minimum absolute atomic E-state index is 0.0579. The van der Waals surface area contributed by atoms with Gasteiger partial charge in [-0.2, -0.15) is 0 Å². The van der Waals surface area contributed by atoms with E-state index in [2.05, 4.69) is 50.1 Å².